The average molecular weight is 369 g/mol. The second kappa shape index (κ2) is 7.12. The molecule has 0 aromatic heterocycles. The monoisotopic (exact) mass is 368 g/mol. The molecule has 0 atom stereocenters. The van der Waals surface area contributed by atoms with Gasteiger partial charge < -0.3 is 9.80 Å². The van der Waals surface area contributed by atoms with Crippen LogP contribution in [0.3, 0.4) is 0 Å². The maximum absolute atomic E-state index is 12.8. The van der Waals surface area contributed by atoms with Crippen molar-refractivity contribution in [1.82, 2.24) is 9.80 Å². The summed E-state index contributed by atoms with van der Waals surface area (Å²) < 4.78 is 0. The van der Waals surface area contributed by atoms with Gasteiger partial charge in [-0.2, -0.15) is 0 Å². The third-order valence-electron chi connectivity index (χ3n) is 5.29. The lowest BCUT2D eigenvalue weighted by molar-refractivity contribution is 0.0535. The standard InChI is InChI=1S/C21H21ClN2O2/c22-19-8-6-16(7-9-19)20(25)23-10-12-24(13-11-23)21(26)18-5-4-15-2-1-3-17(15)14-18/h4-9,14H,1-3,10-13H2. The Balaban J connectivity index is 1.39. The van der Waals surface area contributed by atoms with Crippen LogP contribution in [0.15, 0.2) is 42.5 Å². The molecule has 0 N–H and O–H groups in total. The Kier molecular flexibility index (Phi) is 4.68. The van der Waals surface area contributed by atoms with E-state index in [2.05, 4.69) is 12.1 Å². The maximum atomic E-state index is 12.8. The van der Waals surface area contributed by atoms with E-state index in [1.165, 1.54) is 17.5 Å². The predicted molar refractivity (Wildman–Crippen MR) is 102 cm³/mol. The highest BCUT2D eigenvalue weighted by molar-refractivity contribution is 6.30. The molecule has 26 heavy (non-hydrogen) atoms. The number of carbonyl (C=O) groups is 2. The first-order valence-corrected chi connectivity index (χ1v) is 9.45. The molecule has 1 aliphatic carbocycles. The first-order chi connectivity index (χ1) is 12.6. The van der Waals surface area contributed by atoms with Crippen molar-refractivity contribution in [3.63, 3.8) is 0 Å². The second-order valence-electron chi connectivity index (χ2n) is 6.93. The first kappa shape index (κ1) is 17.1. The Labute approximate surface area is 158 Å². The number of rotatable bonds is 2. The molecule has 2 aliphatic rings. The predicted octanol–water partition coefficient (Wildman–Crippen LogP) is 3.43. The Morgan fingerprint density at radius 2 is 1.27 bits per heavy atom. The second-order valence-corrected chi connectivity index (χ2v) is 7.36. The van der Waals surface area contributed by atoms with Crippen LogP contribution in [0.5, 0.6) is 0 Å². The van der Waals surface area contributed by atoms with E-state index in [0.29, 0.717) is 36.8 Å². The molecule has 1 fully saturated rings. The van der Waals surface area contributed by atoms with Crippen LogP contribution in [0.4, 0.5) is 0 Å². The molecule has 2 amide bonds. The number of hydrogen-bond donors (Lipinski definition) is 0. The van der Waals surface area contributed by atoms with Gasteiger partial charge in [-0.15, -0.1) is 0 Å². The summed E-state index contributed by atoms with van der Waals surface area (Å²) in [6.45, 7) is 2.24. The molecule has 134 valence electrons. The minimum absolute atomic E-state index is 0.00806. The highest BCUT2D eigenvalue weighted by Gasteiger charge is 2.26. The van der Waals surface area contributed by atoms with E-state index in [0.717, 1.165) is 18.4 Å². The normalized spacial score (nSPS) is 16.5. The molecule has 0 radical (unpaired) electrons. The van der Waals surface area contributed by atoms with Crippen molar-refractivity contribution in [2.45, 2.75) is 19.3 Å². The molecule has 0 spiro atoms. The van der Waals surface area contributed by atoms with E-state index < -0.39 is 0 Å². The molecule has 4 rings (SSSR count). The minimum Gasteiger partial charge on any atom is -0.335 e. The van der Waals surface area contributed by atoms with Gasteiger partial charge in [0.2, 0.25) is 0 Å². The minimum atomic E-state index is -0.00806. The molecular weight excluding hydrogens is 348 g/mol. The van der Waals surface area contributed by atoms with Crippen LogP contribution < -0.4 is 0 Å². The zero-order valence-corrected chi connectivity index (χ0v) is 15.3. The fourth-order valence-corrected chi connectivity index (χ4v) is 3.90. The fraction of sp³-hybridized carbons (Fsp3) is 0.333. The van der Waals surface area contributed by atoms with E-state index in [1.807, 2.05) is 11.0 Å². The lowest BCUT2D eigenvalue weighted by Gasteiger charge is -2.35. The van der Waals surface area contributed by atoms with Crippen LogP contribution in [-0.4, -0.2) is 47.8 Å². The summed E-state index contributed by atoms with van der Waals surface area (Å²) >= 11 is 5.88. The molecule has 1 heterocycles. The van der Waals surface area contributed by atoms with E-state index in [1.54, 1.807) is 29.2 Å². The molecule has 1 aliphatic heterocycles. The van der Waals surface area contributed by atoms with Gasteiger partial charge in [0, 0.05) is 42.3 Å². The lowest BCUT2D eigenvalue weighted by atomic mass is 10.1. The van der Waals surface area contributed by atoms with Crippen molar-refractivity contribution in [3.05, 3.63) is 69.7 Å². The smallest absolute Gasteiger partial charge is 0.253 e. The number of fused-ring (bicyclic) bond motifs is 1. The Bertz CT molecular complexity index is 840. The fourth-order valence-electron chi connectivity index (χ4n) is 3.78. The summed E-state index contributed by atoms with van der Waals surface area (Å²) in [6, 6.07) is 13.0. The number of aryl methyl sites for hydroxylation is 2. The molecule has 4 nitrogen and oxygen atoms in total. The van der Waals surface area contributed by atoms with Gasteiger partial charge >= 0.3 is 0 Å². The summed E-state index contributed by atoms with van der Waals surface area (Å²) in [5.41, 5.74) is 4.09. The third-order valence-corrected chi connectivity index (χ3v) is 5.54. The third kappa shape index (κ3) is 3.34. The van der Waals surface area contributed by atoms with Crippen LogP contribution >= 0.6 is 11.6 Å². The zero-order valence-electron chi connectivity index (χ0n) is 14.6. The van der Waals surface area contributed by atoms with Gasteiger partial charge in [-0.3, -0.25) is 9.59 Å². The number of carbonyl (C=O) groups excluding carboxylic acids is 2. The van der Waals surface area contributed by atoms with Gasteiger partial charge in [0.1, 0.15) is 0 Å². The number of amides is 2. The Hall–Kier alpha value is -2.33. The topological polar surface area (TPSA) is 40.6 Å². The summed E-state index contributed by atoms with van der Waals surface area (Å²) in [4.78, 5) is 29.0. The SMILES string of the molecule is O=C(c1ccc(Cl)cc1)N1CCN(C(=O)c2ccc3c(c2)CCC3)CC1. The number of piperazine rings is 1. The highest BCUT2D eigenvalue weighted by atomic mass is 35.5. The molecule has 2 aromatic carbocycles. The summed E-state index contributed by atoms with van der Waals surface area (Å²) in [7, 11) is 0. The van der Waals surface area contributed by atoms with Gasteiger partial charge in [-0.25, -0.2) is 0 Å². The first-order valence-electron chi connectivity index (χ1n) is 9.08. The Morgan fingerprint density at radius 1 is 0.731 bits per heavy atom. The van der Waals surface area contributed by atoms with Crippen molar-refractivity contribution in [1.29, 1.82) is 0 Å². The van der Waals surface area contributed by atoms with Gasteiger partial charge in [0.15, 0.2) is 0 Å². The van der Waals surface area contributed by atoms with Gasteiger partial charge in [0.05, 0.1) is 0 Å². The number of halogens is 1. The van der Waals surface area contributed by atoms with Gasteiger partial charge in [-0.05, 0) is 66.8 Å². The lowest BCUT2D eigenvalue weighted by Crippen LogP contribution is -2.50. The molecule has 0 unspecified atom stereocenters. The molecular formula is C21H21ClN2O2. The van der Waals surface area contributed by atoms with E-state index in [4.69, 9.17) is 11.6 Å². The van der Waals surface area contributed by atoms with Crippen molar-refractivity contribution < 1.29 is 9.59 Å². The Morgan fingerprint density at radius 3 is 1.92 bits per heavy atom. The van der Waals surface area contributed by atoms with E-state index in [9.17, 15) is 9.59 Å². The number of hydrogen-bond acceptors (Lipinski definition) is 2. The molecule has 1 saturated heterocycles. The molecule has 5 heteroatoms. The van der Waals surface area contributed by atoms with Gasteiger partial charge in [0.25, 0.3) is 11.8 Å². The van der Waals surface area contributed by atoms with Crippen LogP contribution in [0, 0.1) is 0 Å². The maximum Gasteiger partial charge on any atom is 0.253 e. The summed E-state index contributed by atoms with van der Waals surface area (Å²) in [6.07, 6.45) is 3.37. The van der Waals surface area contributed by atoms with Crippen molar-refractivity contribution >= 4 is 23.4 Å². The zero-order chi connectivity index (χ0) is 18.1. The summed E-state index contributed by atoms with van der Waals surface area (Å²) in [5, 5.41) is 0.617. The van der Waals surface area contributed by atoms with Crippen LogP contribution in [-0.2, 0) is 12.8 Å². The number of benzene rings is 2. The molecule has 0 saturated carbocycles. The summed E-state index contributed by atoms with van der Waals surface area (Å²) in [5.74, 6) is 0.0598. The number of nitrogens with zero attached hydrogens (tertiary/aromatic N) is 2. The van der Waals surface area contributed by atoms with Crippen molar-refractivity contribution in [2.75, 3.05) is 26.2 Å². The van der Waals surface area contributed by atoms with Crippen LogP contribution in [0.1, 0.15) is 38.3 Å². The van der Waals surface area contributed by atoms with Gasteiger partial charge in [-0.1, -0.05) is 17.7 Å². The van der Waals surface area contributed by atoms with Crippen molar-refractivity contribution in [3.8, 4) is 0 Å². The molecule has 2 aromatic rings. The largest absolute Gasteiger partial charge is 0.335 e. The molecule has 0 bridgehead atoms. The van der Waals surface area contributed by atoms with E-state index >= 15 is 0 Å². The highest BCUT2D eigenvalue weighted by Crippen LogP contribution is 2.23. The van der Waals surface area contributed by atoms with Crippen LogP contribution in [0.2, 0.25) is 5.02 Å². The van der Waals surface area contributed by atoms with Crippen LogP contribution in [0.25, 0.3) is 0 Å². The quantitative estimate of drug-likeness (QED) is 0.814. The average Bonchev–Trinajstić information content (AvgIpc) is 3.15. The van der Waals surface area contributed by atoms with Crippen molar-refractivity contribution in [2.24, 2.45) is 0 Å². The van der Waals surface area contributed by atoms with E-state index in [-0.39, 0.29) is 11.8 Å².